The fraction of sp³-hybridized carbons (Fsp3) is 0.682. The lowest BCUT2D eigenvalue weighted by Gasteiger charge is -2.63. The highest BCUT2D eigenvalue weighted by atomic mass is 35.5. The highest BCUT2D eigenvalue weighted by Gasteiger charge is 2.63. The van der Waals surface area contributed by atoms with Gasteiger partial charge in [-0.25, -0.2) is 0 Å². The van der Waals surface area contributed by atoms with Gasteiger partial charge in [0, 0.05) is 17.2 Å². The normalized spacial score (nSPS) is 39.2. The van der Waals surface area contributed by atoms with E-state index < -0.39 is 5.60 Å². The van der Waals surface area contributed by atoms with Gasteiger partial charge in [0.15, 0.2) is 0 Å². The van der Waals surface area contributed by atoms with E-state index in [1.807, 2.05) is 18.2 Å². The van der Waals surface area contributed by atoms with Gasteiger partial charge in [-0.05, 0) is 55.4 Å². The lowest BCUT2D eigenvalue weighted by molar-refractivity contribution is -0.175. The molecule has 1 aromatic rings. The molecule has 0 radical (unpaired) electrons. The summed E-state index contributed by atoms with van der Waals surface area (Å²) in [4.78, 5) is 12.4. The van der Waals surface area contributed by atoms with Gasteiger partial charge in [-0.1, -0.05) is 44.2 Å². The number of alkyl halides is 1. The van der Waals surface area contributed by atoms with Gasteiger partial charge in [-0.15, -0.1) is 11.6 Å². The Bertz CT molecular complexity index is 678. The fourth-order valence-corrected chi connectivity index (χ4v) is 6.93. The van der Waals surface area contributed by atoms with Crippen LogP contribution in [0.4, 0.5) is 0 Å². The zero-order valence-electron chi connectivity index (χ0n) is 15.7. The monoisotopic (exact) mass is 375 g/mol. The van der Waals surface area contributed by atoms with E-state index in [2.05, 4.69) is 31.3 Å². The van der Waals surface area contributed by atoms with Crippen molar-refractivity contribution < 1.29 is 9.90 Å². The first-order valence-electron chi connectivity index (χ1n) is 10.0. The second-order valence-corrected chi connectivity index (χ2v) is 10.3. The van der Waals surface area contributed by atoms with Gasteiger partial charge in [0.05, 0.1) is 11.6 Å². The maximum Gasteiger partial charge on any atom is 0.220 e. The molecular weight excluding hydrogens is 346 g/mol. The largest absolute Gasteiger partial charge is 0.389 e. The van der Waals surface area contributed by atoms with Crippen molar-refractivity contribution in [1.82, 2.24) is 5.32 Å². The van der Waals surface area contributed by atoms with Crippen LogP contribution in [-0.4, -0.2) is 21.5 Å². The number of benzene rings is 1. The number of hydrogen-bond donors (Lipinski definition) is 2. The molecule has 5 rings (SSSR count). The second kappa shape index (κ2) is 6.53. The third-order valence-corrected chi connectivity index (χ3v) is 7.18. The zero-order chi connectivity index (χ0) is 18.5. The molecule has 4 fully saturated rings. The van der Waals surface area contributed by atoms with Gasteiger partial charge in [-0.3, -0.25) is 4.79 Å². The second-order valence-electron chi connectivity index (χ2n) is 9.49. The van der Waals surface area contributed by atoms with Crippen LogP contribution in [0.3, 0.4) is 0 Å². The molecule has 0 saturated heterocycles. The van der Waals surface area contributed by atoms with Crippen molar-refractivity contribution in [3.8, 4) is 0 Å². The Kier molecular flexibility index (Phi) is 4.60. The molecule has 0 aliphatic heterocycles. The number of nitrogens with one attached hydrogen (secondary N) is 1. The zero-order valence-corrected chi connectivity index (χ0v) is 16.5. The standard InChI is InChI=1S/C22H30ClNO2/c1-14(2)8-18(25)24-20(16-6-4-3-5-7-16)19-17-9-15-10-21(23,12-17)13-22(19,26)11-15/h3-7,14-15,17,19-20,26H,8-13H2,1-2H3,(H,24,25)/t15-,17+,19-,20+,21+,22+/m1/s1. The number of amides is 1. The highest BCUT2D eigenvalue weighted by Crippen LogP contribution is 2.64. The molecule has 4 saturated carbocycles. The van der Waals surface area contributed by atoms with Crippen LogP contribution in [0.5, 0.6) is 0 Å². The first-order valence-corrected chi connectivity index (χ1v) is 10.4. The molecule has 4 heteroatoms. The molecule has 2 N–H and O–H groups in total. The van der Waals surface area contributed by atoms with Crippen molar-refractivity contribution >= 4 is 17.5 Å². The summed E-state index contributed by atoms with van der Waals surface area (Å²) in [5.41, 5.74) is 0.330. The summed E-state index contributed by atoms with van der Waals surface area (Å²) in [6, 6.07) is 10.0. The minimum Gasteiger partial charge on any atom is -0.389 e. The molecule has 0 aromatic heterocycles. The van der Waals surface area contributed by atoms with Crippen molar-refractivity contribution in [3.63, 3.8) is 0 Å². The lowest BCUT2D eigenvalue weighted by Crippen LogP contribution is -2.64. The molecule has 6 atom stereocenters. The molecule has 1 amide bonds. The van der Waals surface area contributed by atoms with E-state index in [0.29, 0.717) is 30.6 Å². The van der Waals surface area contributed by atoms with E-state index in [4.69, 9.17) is 11.6 Å². The van der Waals surface area contributed by atoms with Gasteiger partial charge < -0.3 is 10.4 Å². The summed E-state index contributed by atoms with van der Waals surface area (Å²) in [6.07, 6.45) is 5.12. The summed E-state index contributed by atoms with van der Waals surface area (Å²) in [7, 11) is 0. The molecule has 3 nitrogen and oxygen atoms in total. The summed E-state index contributed by atoms with van der Waals surface area (Å²) in [5.74, 6) is 1.35. The van der Waals surface area contributed by atoms with E-state index in [-0.39, 0.29) is 22.7 Å². The van der Waals surface area contributed by atoms with Crippen LogP contribution in [0.1, 0.15) is 64.0 Å². The Balaban J connectivity index is 1.67. The molecular formula is C22H30ClNO2. The Hall–Kier alpha value is -1.06. The minimum atomic E-state index is -0.766. The topological polar surface area (TPSA) is 49.3 Å². The number of rotatable bonds is 5. The van der Waals surface area contributed by atoms with Crippen LogP contribution < -0.4 is 5.32 Å². The molecule has 4 bridgehead atoms. The average Bonchev–Trinajstić information content (AvgIpc) is 2.51. The molecule has 4 aliphatic carbocycles. The lowest BCUT2D eigenvalue weighted by atomic mass is 9.47. The molecule has 4 aliphatic rings. The van der Waals surface area contributed by atoms with E-state index in [9.17, 15) is 9.90 Å². The van der Waals surface area contributed by atoms with Crippen molar-refractivity contribution in [1.29, 1.82) is 0 Å². The predicted molar refractivity (Wildman–Crippen MR) is 104 cm³/mol. The molecule has 0 unspecified atom stereocenters. The number of aliphatic hydroxyl groups is 1. The number of carbonyl (C=O) groups excluding carboxylic acids is 1. The third-order valence-electron chi connectivity index (χ3n) is 6.74. The SMILES string of the molecule is CC(C)CC(=O)N[C@@H](c1ccccc1)[C@H]1[C@H]2C[C@@H]3C[C@](Cl)(C2)C[C@@]1(O)C3. The number of carbonyl (C=O) groups is 1. The van der Waals surface area contributed by atoms with Gasteiger partial charge in [0.1, 0.15) is 0 Å². The van der Waals surface area contributed by atoms with Crippen molar-refractivity contribution in [2.75, 3.05) is 0 Å². The van der Waals surface area contributed by atoms with E-state index in [1.165, 1.54) is 0 Å². The number of halogens is 1. The summed E-state index contributed by atoms with van der Waals surface area (Å²) < 4.78 is 0. The van der Waals surface area contributed by atoms with Crippen molar-refractivity contribution in [2.45, 2.75) is 68.9 Å². The maximum atomic E-state index is 12.6. The fourth-order valence-electron chi connectivity index (χ4n) is 6.28. The quantitative estimate of drug-likeness (QED) is 0.747. The smallest absolute Gasteiger partial charge is 0.220 e. The molecule has 142 valence electrons. The highest BCUT2D eigenvalue weighted by molar-refractivity contribution is 6.24. The first kappa shape index (κ1) is 18.3. The Morgan fingerprint density at radius 3 is 2.62 bits per heavy atom. The van der Waals surface area contributed by atoms with Crippen LogP contribution in [0.15, 0.2) is 30.3 Å². The van der Waals surface area contributed by atoms with Crippen LogP contribution >= 0.6 is 11.6 Å². The van der Waals surface area contributed by atoms with Gasteiger partial charge >= 0.3 is 0 Å². The molecule has 0 heterocycles. The van der Waals surface area contributed by atoms with Crippen LogP contribution in [-0.2, 0) is 4.79 Å². The predicted octanol–water partition coefficient (Wildman–Crippen LogP) is 4.44. The summed E-state index contributed by atoms with van der Waals surface area (Å²) in [5, 5.41) is 14.9. The third kappa shape index (κ3) is 3.29. The average molecular weight is 376 g/mol. The Morgan fingerprint density at radius 1 is 1.27 bits per heavy atom. The van der Waals surface area contributed by atoms with Crippen molar-refractivity contribution in [2.24, 2.45) is 23.7 Å². The molecule has 1 aromatic carbocycles. The first-order chi connectivity index (χ1) is 12.3. The maximum absolute atomic E-state index is 12.6. The van der Waals surface area contributed by atoms with Gasteiger partial charge in [0.2, 0.25) is 5.91 Å². The summed E-state index contributed by atoms with van der Waals surface area (Å²) in [6.45, 7) is 4.12. The van der Waals surface area contributed by atoms with E-state index >= 15 is 0 Å². The van der Waals surface area contributed by atoms with Crippen LogP contribution in [0.25, 0.3) is 0 Å². The minimum absolute atomic E-state index is 0.0458. The van der Waals surface area contributed by atoms with Crippen molar-refractivity contribution in [3.05, 3.63) is 35.9 Å². The summed E-state index contributed by atoms with van der Waals surface area (Å²) >= 11 is 6.86. The van der Waals surface area contributed by atoms with Crippen LogP contribution in [0, 0.1) is 23.7 Å². The molecule has 0 spiro atoms. The van der Waals surface area contributed by atoms with Gasteiger partial charge in [0.25, 0.3) is 0 Å². The van der Waals surface area contributed by atoms with Crippen LogP contribution in [0.2, 0.25) is 0 Å². The Morgan fingerprint density at radius 2 is 2.00 bits per heavy atom. The van der Waals surface area contributed by atoms with E-state index in [0.717, 1.165) is 31.2 Å². The number of hydrogen-bond acceptors (Lipinski definition) is 2. The van der Waals surface area contributed by atoms with Gasteiger partial charge in [-0.2, -0.15) is 0 Å². The molecule has 26 heavy (non-hydrogen) atoms. The van der Waals surface area contributed by atoms with E-state index in [1.54, 1.807) is 0 Å². The Labute approximate surface area is 161 Å².